The molecule has 0 aromatic carbocycles. The molecule has 0 saturated carbocycles. The fourth-order valence-electron chi connectivity index (χ4n) is 1.12. The van der Waals surface area contributed by atoms with Crippen molar-refractivity contribution in [2.45, 2.75) is 13.3 Å². The van der Waals surface area contributed by atoms with Crippen LogP contribution in [0, 0.1) is 5.41 Å². The summed E-state index contributed by atoms with van der Waals surface area (Å²) >= 11 is 0. The van der Waals surface area contributed by atoms with Gasteiger partial charge >= 0.3 is 8.25 Å². The highest BCUT2D eigenvalue weighted by molar-refractivity contribution is 7.56. The summed E-state index contributed by atoms with van der Waals surface area (Å²) in [7, 11) is -2.23. The molecule has 1 fully saturated rings. The Morgan fingerprint density at radius 2 is 2.15 bits per heavy atom. The molecule has 0 aromatic heterocycles. The average molecular weight is 209 g/mol. The first kappa shape index (κ1) is 11.1. The van der Waals surface area contributed by atoms with E-state index in [2.05, 4.69) is 11.1 Å². The van der Waals surface area contributed by atoms with Gasteiger partial charge in [-0.1, -0.05) is 13.0 Å². The second-order valence-corrected chi connectivity index (χ2v) is 5.21. The molecule has 0 N–H and O–H groups in total. The fourth-order valence-corrected chi connectivity index (χ4v) is 2.33. The van der Waals surface area contributed by atoms with Crippen LogP contribution in [0.1, 0.15) is 13.3 Å². The largest absolute Gasteiger partial charge is 0.622 e. The third-order valence-electron chi connectivity index (χ3n) is 1.99. The van der Waals surface area contributed by atoms with Gasteiger partial charge in [-0.25, -0.2) is 0 Å². The third-order valence-corrected chi connectivity index (χ3v) is 3.30. The highest BCUT2D eigenvalue weighted by Gasteiger charge is 2.54. The van der Waals surface area contributed by atoms with Crippen molar-refractivity contribution in [3.05, 3.63) is 12.7 Å². The Bertz CT molecular complexity index is 190. The van der Waals surface area contributed by atoms with E-state index in [1.165, 1.54) is 7.11 Å². The summed E-state index contributed by atoms with van der Waals surface area (Å²) < 4.78 is 27.7. The van der Waals surface area contributed by atoms with Gasteiger partial charge < -0.3 is 0 Å². The van der Waals surface area contributed by atoms with Gasteiger partial charge in [0.05, 0.1) is 7.11 Å². The molecular weight excluding hydrogens is 194 g/mol. The van der Waals surface area contributed by atoms with Crippen molar-refractivity contribution < 1.29 is 17.8 Å². The first-order valence-electron chi connectivity index (χ1n) is 4.08. The van der Waals surface area contributed by atoms with E-state index in [4.69, 9.17) is 9.05 Å². The number of allylic oxidation sites excluding steroid dienone is 1. The van der Waals surface area contributed by atoms with Crippen LogP contribution in [0.2, 0.25) is 0 Å². The zero-order valence-corrected chi connectivity index (χ0v) is 8.85. The molecule has 0 bridgehead atoms. The molecule has 1 rings (SSSR count). The molecule has 0 amide bonds. The molecule has 0 atom stereocenters. The van der Waals surface area contributed by atoms with E-state index in [1.54, 1.807) is 6.08 Å². The molecule has 0 unspecified atom stereocenters. The standard InChI is InChI=1S/C8H15FO3P/c1-4-5-8(2)6-11-13(9,10-3)12-7-8/h4H,1,5-7H2,2-3H3/q+1. The number of hydrogen-bond donors (Lipinski definition) is 0. The first-order valence-corrected chi connectivity index (χ1v) is 5.51. The molecule has 0 aromatic rings. The SMILES string of the molecule is C=CCC1(C)CO[P+](F)(OC)OC1. The average Bonchev–Trinajstić information content (AvgIpc) is 2.12. The zero-order valence-electron chi connectivity index (χ0n) is 7.96. The highest BCUT2D eigenvalue weighted by atomic mass is 31.3. The highest BCUT2D eigenvalue weighted by Crippen LogP contribution is 2.66. The molecule has 13 heavy (non-hydrogen) atoms. The van der Waals surface area contributed by atoms with Gasteiger partial charge in [-0.05, 0) is 6.42 Å². The molecule has 5 heteroatoms. The molecule has 1 aliphatic heterocycles. The Morgan fingerprint density at radius 1 is 1.62 bits per heavy atom. The Kier molecular flexibility index (Phi) is 3.41. The van der Waals surface area contributed by atoms with E-state index in [0.29, 0.717) is 13.2 Å². The molecule has 0 aliphatic carbocycles. The molecule has 0 spiro atoms. The Labute approximate surface area is 78.6 Å². The van der Waals surface area contributed by atoms with Crippen LogP contribution in [0.15, 0.2) is 12.7 Å². The van der Waals surface area contributed by atoms with Crippen LogP contribution in [0.5, 0.6) is 0 Å². The molecular formula is C8H15FO3P+. The van der Waals surface area contributed by atoms with Gasteiger partial charge in [-0.15, -0.1) is 15.6 Å². The molecule has 3 nitrogen and oxygen atoms in total. The summed E-state index contributed by atoms with van der Waals surface area (Å²) in [5.41, 5.74) is -0.171. The van der Waals surface area contributed by atoms with Gasteiger partial charge in [0.2, 0.25) is 0 Å². The van der Waals surface area contributed by atoms with E-state index in [0.717, 1.165) is 6.42 Å². The number of hydrogen-bond acceptors (Lipinski definition) is 3. The minimum atomic E-state index is -3.48. The van der Waals surface area contributed by atoms with Crippen LogP contribution in [0.3, 0.4) is 0 Å². The lowest BCUT2D eigenvalue weighted by molar-refractivity contribution is -0.00701. The topological polar surface area (TPSA) is 27.7 Å². The van der Waals surface area contributed by atoms with Crippen molar-refractivity contribution in [2.24, 2.45) is 5.41 Å². The fraction of sp³-hybridized carbons (Fsp3) is 0.750. The minimum Gasteiger partial charge on any atom is -0.153 e. The van der Waals surface area contributed by atoms with Gasteiger partial charge in [0.1, 0.15) is 13.2 Å². The lowest BCUT2D eigenvalue weighted by Crippen LogP contribution is -2.33. The van der Waals surface area contributed by atoms with Gasteiger partial charge in [-0.2, -0.15) is 4.52 Å². The van der Waals surface area contributed by atoms with Crippen LogP contribution in [0.25, 0.3) is 0 Å². The monoisotopic (exact) mass is 209 g/mol. The maximum Gasteiger partial charge on any atom is 0.622 e. The summed E-state index contributed by atoms with van der Waals surface area (Å²) in [6, 6.07) is 0. The molecule has 1 saturated heterocycles. The second-order valence-electron chi connectivity index (χ2n) is 3.46. The summed E-state index contributed by atoms with van der Waals surface area (Å²) in [5, 5.41) is 0. The Morgan fingerprint density at radius 3 is 2.54 bits per heavy atom. The van der Waals surface area contributed by atoms with Crippen molar-refractivity contribution in [3.63, 3.8) is 0 Å². The minimum absolute atomic E-state index is 0.171. The molecule has 1 aliphatic rings. The van der Waals surface area contributed by atoms with Crippen LogP contribution < -0.4 is 0 Å². The quantitative estimate of drug-likeness (QED) is 0.528. The smallest absolute Gasteiger partial charge is 0.153 e. The van der Waals surface area contributed by atoms with Crippen LogP contribution in [-0.4, -0.2) is 20.3 Å². The maximum absolute atomic E-state index is 13.3. The van der Waals surface area contributed by atoms with Crippen molar-refractivity contribution in [2.75, 3.05) is 20.3 Å². The summed E-state index contributed by atoms with van der Waals surface area (Å²) in [5.74, 6) is 0. The second kappa shape index (κ2) is 4.01. The number of halogens is 1. The summed E-state index contributed by atoms with van der Waals surface area (Å²) in [6.45, 7) is 6.23. The van der Waals surface area contributed by atoms with E-state index >= 15 is 0 Å². The van der Waals surface area contributed by atoms with Gasteiger partial charge in [0.25, 0.3) is 0 Å². The lowest BCUT2D eigenvalue weighted by Gasteiger charge is -2.30. The van der Waals surface area contributed by atoms with Crippen molar-refractivity contribution in [1.29, 1.82) is 0 Å². The van der Waals surface area contributed by atoms with E-state index in [-0.39, 0.29) is 5.41 Å². The van der Waals surface area contributed by atoms with E-state index < -0.39 is 8.25 Å². The predicted molar refractivity (Wildman–Crippen MR) is 49.9 cm³/mol. The molecule has 76 valence electrons. The maximum atomic E-state index is 13.3. The predicted octanol–water partition coefficient (Wildman–Crippen LogP) is 2.91. The van der Waals surface area contributed by atoms with Gasteiger partial charge in [0.15, 0.2) is 0 Å². The Hall–Kier alpha value is -0.0200. The number of rotatable bonds is 3. The van der Waals surface area contributed by atoms with Gasteiger partial charge in [0, 0.05) is 9.61 Å². The summed E-state index contributed by atoms with van der Waals surface area (Å²) in [4.78, 5) is 0. The summed E-state index contributed by atoms with van der Waals surface area (Å²) in [6.07, 6.45) is 2.53. The Balaban J connectivity index is 2.50. The van der Waals surface area contributed by atoms with E-state index in [9.17, 15) is 4.20 Å². The third kappa shape index (κ3) is 2.71. The first-order chi connectivity index (χ1) is 6.04. The normalized spacial score (nSPS) is 40.2. The van der Waals surface area contributed by atoms with Crippen molar-refractivity contribution in [3.8, 4) is 0 Å². The zero-order chi connectivity index (χ0) is 9.95. The van der Waals surface area contributed by atoms with Crippen LogP contribution in [-0.2, 0) is 13.6 Å². The molecule has 0 radical (unpaired) electrons. The lowest BCUT2D eigenvalue weighted by atomic mass is 9.89. The van der Waals surface area contributed by atoms with Crippen LogP contribution in [0.4, 0.5) is 4.20 Å². The van der Waals surface area contributed by atoms with Crippen LogP contribution >= 0.6 is 8.25 Å². The molecule has 1 heterocycles. The van der Waals surface area contributed by atoms with E-state index in [1.807, 2.05) is 6.92 Å². The van der Waals surface area contributed by atoms with Crippen molar-refractivity contribution >= 4 is 8.25 Å². The van der Waals surface area contributed by atoms with Crippen molar-refractivity contribution in [1.82, 2.24) is 0 Å². The van der Waals surface area contributed by atoms with Gasteiger partial charge in [-0.3, -0.25) is 0 Å².